The number of ether oxygens (including phenoxy) is 3. The van der Waals surface area contributed by atoms with E-state index >= 15 is 0 Å². The van der Waals surface area contributed by atoms with Gasteiger partial charge in [-0.3, -0.25) is 14.4 Å². The number of rotatable bonds is 65. The molecule has 0 spiro atoms. The van der Waals surface area contributed by atoms with Crippen molar-refractivity contribution in [2.75, 3.05) is 13.2 Å². The van der Waals surface area contributed by atoms with Gasteiger partial charge in [0.15, 0.2) is 6.10 Å². The molecule has 450 valence electrons. The number of carbonyl (C=O) groups excluding carboxylic acids is 3. The predicted molar refractivity (Wildman–Crippen MR) is 330 cm³/mol. The first-order chi connectivity index (χ1) is 37.5. The van der Waals surface area contributed by atoms with Crippen molar-refractivity contribution in [2.24, 2.45) is 0 Å². The van der Waals surface area contributed by atoms with Crippen molar-refractivity contribution >= 4 is 17.9 Å². The average Bonchev–Trinajstić information content (AvgIpc) is 3.42. The standard InChI is InChI=1S/C70H134O6/c1-4-7-10-13-16-18-20-22-24-26-28-30-31-32-33-34-35-36-37-38-39-41-42-44-46-48-50-52-54-57-60-63-69(72)75-66-67(65-74-68(71)62-59-56-15-12-9-6-3)76-70(73)64-61-58-55-53-51-49-47-45-43-40-29-27-25-23-21-19-17-14-11-8-5-2/h27,29,67H,4-26,28,30-66H2,1-3H3/b29-27-. The van der Waals surface area contributed by atoms with Gasteiger partial charge in [-0.25, -0.2) is 0 Å². The molecule has 1 unspecified atom stereocenters. The van der Waals surface area contributed by atoms with Gasteiger partial charge in [-0.2, -0.15) is 0 Å². The molecule has 0 heterocycles. The fraction of sp³-hybridized carbons (Fsp3) is 0.929. The number of hydrogen-bond donors (Lipinski definition) is 0. The summed E-state index contributed by atoms with van der Waals surface area (Å²) in [7, 11) is 0. The molecule has 6 nitrogen and oxygen atoms in total. The van der Waals surface area contributed by atoms with Gasteiger partial charge >= 0.3 is 17.9 Å². The first-order valence-electron chi connectivity index (χ1n) is 34.7. The molecule has 0 aliphatic heterocycles. The van der Waals surface area contributed by atoms with E-state index in [1.807, 2.05) is 0 Å². The molecule has 0 radical (unpaired) electrons. The monoisotopic (exact) mass is 1070 g/mol. The van der Waals surface area contributed by atoms with Crippen molar-refractivity contribution in [1.82, 2.24) is 0 Å². The highest BCUT2D eigenvalue weighted by Crippen LogP contribution is 2.19. The van der Waals surface area contributed by atoms with Crippen molar-refractivity contribution in [2.45, 2.75) is 406 Å². The fourth-order valence-corrected chi connectivity index (χ4v) is 10.8. The topological polar surface area (TPSA) is 78.9 Å². The van der Waals surface area contributed by atoms with E-state index in [0.717, 1.165) is 57.8 Å². The lowest BCUT2D eigenvalue weighted by Gasteiger charge is -2.18. The van der Waals surface area contributed by atoms with Crippen LogP contribution in [0.3, 0.4) is 0 Å². The maximum Gasteiger partial charge on any atom is 0.306 e. The molecule has 0 N–H and O–H groups in total. The maximum absolute atomic E-state index is 12.9. The Hall–Kier alpha value is -1.85. The normalized spacial score (nSPS) is 12.0. The molecule has 0 aromatic carbocycles. The lowest BCUT2D eigenvalue weighted by Crippen LogP contribution is -2.30. The van der Waals surface area contributed by atoms with Crippen molar-refractivity contribution < 1.29 is 28.6 Å². The van der Waals surface area contributed by atoms with E-state index in [4.69, 9.17) is 14.2 Å². The number of hydrogen-bond acceptors (Lipinski definition) is 6. The molecule has 1 atom stereocenters. The Labute approximate surface area is 475 Å². The number of unbranched alkanes of at least 4 members (excludes halogenated alkanes) is 52. The van der Waals surface area contributed by atoms with Gasteiger partial charge in [0.2, 0.25) is 0 Å². The smallest absolute Gasteiger partial charge is 0.306 e. The zero-order valence-corrected chi connectivity index (χ0v) is 51.8. The van der Waals surface area contributed by atoms with Crippen LogP contribution in [0.4, 0.5) is 0 Å². The van der Waals surface area contributed by atoms with Crippen LogP contribution in [0, 0.1) is 0 Å². The van der Waals surface area contributed by atoms with E-state index in [1.54, 1.807) is 0 Å². The molecule has 0 amide bonds. The first kappa shape index (κ1) is 74.2. The van der Waals surface area contributed by atoms with Gasteiger partial charge in [0.05, 0.1) is 0 Å². The molecule has 0 saturated heterocycles. The molecule has 0 aromatic heterocycles. The highest BCUT2D eigenvalue weighted by atomic mass is 16.6. The third-order valence-corrected chi connectivity index (χ3v) is 16.0. The first-order valence-corrected chi connectivity index (χ1v) is 34.7. The zero-order valence-electron chi connectivity index (χ0n) is 51.8. The summed E-state index contributed by atoms with van der Waals surface area (Å²) in [5, 5.41) is 0. The lowest BCUT2D eigenvalue weighted by molar-refractivity contribution is -0.167. The van der Waals surface area contributed by atoms with Crippen molar-refractivity contribution in [1.29, 1.82) is 0 Å². The minimum absolute atomic E-state index is 0.0654. The number of esters is 3. The number of allylic oxidation sites excluding steroid dienone is 2. The molecule has 0 aliphatic rings. The average molecular weight is 1070 g/mol. The Morgan fingerprint density at radius 3 is 0.658 bits per heavy atom. The van der Waals surface area contributed by atoms with Gasteiger partial charge in [-0.15, -0.1) is 0 Å². The quantitative estimate of drug-likeness (QED) is 0.0261. The van der Waals surface area contributed by atoms with Gasteiger partial charge in [-0.05, 0) is 44.9 Å². The zero-order chi connectivity index (χ0) is 55.0. The van der Waals surface area contributed by atoms with Gasteiger partial charge in [0.1, 0.15) is 13.2 Å². The van der Waals surface area contributed by atoms with Gasteiger partial charge in [-0.1, -0.05) is 348 Å². The number of carbonyl (C=O) groups is 3. The molecular weight excluding hydrogens is 937 g/mol. The summed E-state index contributed by atoms with van der Waals surface area (Å²) in [5.41, 5.74) is 0. The van der Waals surface area contributed by atoms with E-state index in [0.29, 0.717) is 19.3 Å². The highest BCUT2D eigenvalue weighted by molar-refractivity contribution is 5.71. The van der Waals surface area contributed by atoms with Crippen LogP contribution in [0.5, 0.6) is 0 Å². The van der Waals surface area contributed by atoms with Gasteiger partial charge < -0.3 is 14.2 Å². The minimum atomic E-state index is -0.765. The largest absolute Gasteiger partial charge is 0.462 e. The molecule has 0 aromatic rings. The van der Waals surface area contributed by atoms with Crippen molar-refractivity contribution in [3.63, 3.8) is 0 Å². The van der Waals surface area contributed by atoms with Crippen LogP contribution in [0.2, 0.25) is 0 Å². The van der Waals surface area contributed by atoms with Crippen LogP contribution < -0.4 is 0 Å². The second-order valence-corrected chi connectivity index (χ2v) is 23.8. The Bertz CT molecular complexity index is 1180. The molecular formula is C70H134O6. The van der Waals surface area contributed by atoms with E-state index in [2.05, 4.69) is 32.9 Å². The molecule has 0 fully saturated rings. The second-order valence-electron chi connectivity index (χ2n) is 23.8. The SMILES string of the molecule is CCCCCCCCCC/C=C\CCCCCCCCCCCC(=O)OC(COC(=O)CCCCCCCC)COC(=O)CCCCCCCCCCCCCCCCCCCCCCCCCCCCCCCCC. The third kappa shape index (κ3) is 63.0. The van der Waals surface area contributed by atoms with Gasteiger partial charge in [0.25, 0.3) is 0 Å². The summed E-state index contributed by atoms with van der Waals surface area (Å²) >= 11 is 0. The lowest BCUT2D eigenvalue weighted by atomic mass is 10.0. The van der Waals surface area contributed by atoms with E-state index in [-0.39, 0.29) is 31.1 Å². The van der Waals surface area contributed by atoms with Crippen LogP contribution in [-0.4, -0.2) is 37.2 Å². The molecule has 0 aliphatic carbocycles. The summed E-state index contributed by atoms with van der Waals surface area (Å²) in [4.78, 5) is 38.0. The molecule has 6 heteroatoms. The Balaban J connectivity index is 3.94. The summed E-state index contributed by atoms with van der Waals surface area (Å²) in [5.74, 6) is -0.850. The van der Waals surface area contributed by atoms with E-state index in [1.165, 1.54) is 302 Å². The Morgan fingerprint density at radius 2 is 0.434 bits per heavy atom. The fourth-order valence-electron chi connectivity index (χ4n) is 10.8. The van der Waals surface area contributed by atoms with Crippen LogP contribution in [0.1, 0.15) is 400 Å². The Morgan fingerprint density at radius 1 is 0.250 bits per heavy atom. The summed E-state index contributed by atoms with van der Waals surface area (Å²) in [6.07, 6.45) is 78.6. The van der Waals surface area contributed by atoms with E-state index in [9.17, 15) is 14.4 Å². The molecule has 0 bridgehead atoms. The van der Waals surface area contributed by atoms with Crippen LogP contribution in [-0.2, 0) is 28.6 Å². The van der Waals surface area contributed by atoms with Crippen molar-refractivity contribution in [3.05, 3.63) is 12.2 Å². The molecule has 0 saturated carbocycles. The molecule has 76 heavy (non-hydrogen) atoms. The summed E-state index contributed by atoms with van der Waals surface area (Å²) in [6, 6.07) is 0. The van der Waals surface area contributed by atoms with Crippen LogP contribution in [0.25, 0.3) is 0 Å². The van der Waals surface area contributed by atoms with Gasteiger partial charge in [0, 0.05) is 19.3 Å². The highest BCUT2D eigenvalue weighted by Gasteiger charge is 2.19. The van der Waals surface area contributed by atoms with Crippen LogP contribution in [0.15, 0.2) is 12.2 Å². The summed E-state index contributed by atoms with van der Waals surface area (Å²) < 4.78 is 16.8. The van der Waals surface area contributed by atoms with Crippen LogP contribution >= 0.6 is 0 Å². The minimum Gasteiger partial charge on any atom is -0.462 e. The predicted octanol–water partition coefficient (Wildman–Crippen LogP) is 23.6. The molecule has 0 rings (SSSR count). The third-order valence-electron chi connectivity index (χ3n) is 16.0. The van der Waals surface area contributed by atoms with Crippen molar-refractivity contribution in [3.8, 4) is 0 Å². The van der Waals surface area contributed by atoms with E-state index < -0.39 is 6.10 Å². The second kappa shape index (κ2) is 65.7. The maximum atomic E-state index is 12.9. The Kier molecular flexibility index (Phi) is 64.1. The summed E-state index contributed by atoms with van der Waals surface area (Å²) in [6.45, 7) is 6.65.